The molecule has 0 aromatic heterocycles. The molecule has 0 saturated carbocycles. The number of nitrogens with zero attached hydrogens (tertiary/aromatic N) is 1. The van der Waals surface area contributed by atoms with Crippen LogP contribution in [0.25, 0.3) is 0 Å². The van der Waals surface area contributed by atoms with Gasteiger partial charge in [0.15, 0.2) is 0 Å². The van der Waals surface area contributed by atoms with Crippen molar-refractivity contribution in [3.05, 3.63) is 35.1 Å². The van der Waals surface area contributed by atoms with Crippen LogP contribution < -0.4 is 5.73 Å². The number of hydrogen-bond donors (Lipinski definition) is 1. The lowest BCUT2D eigenvalue weighted by molar-refractivity contribution is 0.216. The second-order valence-corrected chi connectivity index (χ2v) is 5.30. The topological polar surface area (TPSA) is 29.3 Å². The molecule has 1 aliphatic heterocycles. The molecule has 1 fully saturated rings. The molecule has 0 radical (unpaired) electrons. The van der Waals surface area contributed by atoms with E-state index in [9.17, 15) is 4.39 Å². The SMILES string of the molecule is Cc1cc(C(CN)CN2CCCCC2)ccc1F. The molecule has 100 valence electrons. The average molecular weight is 250 g/mol. The molecule has 2 nitrogen and oxygen atoms in total. The van der Waals surface area contributed by atoms with Crippen molar-refractivity contribution < 1.29 is 4.39 Å². The molecule has 1 aromatic carbocycles. The van der Waals surface area contributed by atoms with Crippen LogP contribution in [0.5, 0.6) is 0 Å². The molecule has 2 rings (SSSR count). The molecule has 2 N–H and O–H groups in total. The van der Waals surface area contributed by atoms with Crippen molar-refractivity contribution in [2.45, 2.75) is 32.1 Å². The molecule has 1 atom stereocenters. The van der Waals surface area contributed by atoms with Crippen LogP contribution in [0.3, 0.4) is 0 Å². The third kappa shape index (κ3) is 3.30. The van der Waals surface area contributed by atoms with E-state index in [0.717, 1.165) is 6.54 Å². The van der Waals surface area contributed by atoms with Gasteiger partial charge in [0.25, 0.3) is 0 Å². The summed E-state index contributed by atoms with van der Waals surface area (Å²) < 4.78 is 13.3. The van der Waals surface area contributed by atoms with Crippen LogP contribution in [0.2, 0.25) is 0 Å². The summed E-state index contributed by atoms with van der Waals surface area (Å²) in [7, 11) is 0. The smallest absolute Gasteiger partial charge is 0.126 e. The first-order valence-electron chi connectivity index (χ1n) is 6.89. The van der Waals surface area contributed by atoms with Crippen LogP contribution in [0, 0.1) is 12.7 Å². The van der Waals surface area contributed by atoms with Crippen LogP contribution in [-0.4, -0.2) is 31.1 Å². The van der Waals surface area contributed by atoms with E-state index in [1.807, 2.05) is 19.1 Å². The van der Waals surface area contributed by atoms with Crippen LogP contribution in [-0.2, 0) is 0 Å². The standard InChI is InChI=1S/C15H23FN2/c1-12-9-13(5-6-15(12)16)14(10-17)11-18-7-3-2-4-8-18/h5-6,9,14H,2-4,7-8,10-11,17H2,1H3. The highest BCUT2D eigenvalue weighted by molar-refractivity contribution is 5.27. The van der Waals surface area contributed by atoms with Gasteiger partial charge in [-0.3, -0.25) is 0 Å². The maximum absolute atomic E-state index is 13.3. The fraction of sp³-hybridized carbons (Fsp3) is 0.600. The van der Waals surface area contributed by atoms with Crippen molar-refractivity contribution in [1.82, 2.24) is 4.90 Å². The largest absolute Gasteiger partial charge is 0.330 e. The summed E-state index contributed by atoms with van der Waals surface area (Å²) in [5, 5.41) is 0. The zero-order valence-corrected chi connectivity index (χ0v) is 11.2. The molecular formula is C15H23FN2. The summed E-state index contributed by atoms with van der Waals surface area (Å²) in [6.07, 6.45) is 3.93. The van der Waals surface area contributed by atoms with Gasteiger partial charge in [0.2, 0.25) is 0 Å². The van der Waals surface area contributed by atoms with Crippen molar-refractivity contribution in [2.24, 2.45) is 5.73 Å². The van der Waals surface area contributed by atoms with Gasteiger partial charge in [0.1, 0.15) is 5.82 Å². The van der Waals surface area contributed by atoms with E-state index in [1.165, 1.54) is 37.9 Å². The molecule has 1 aliphatic rings. The first-order valence-corrected chi connectivity index (χ1v) is 6.89. The number of benzene rings is 1. The summed E-state index contributed by atoms with van der Waals surface area (Å²) in [5.41, 5.74) is 7.77. The molecule has 0 bridgehead atoms. The molecule has 1 saturated heterocycles. The Kier molecular flexibility index (Phi) is 4.72. The van der Waals surface area contributed by atoms with E-state index in [2.05, 4.69) is 4.90 Å². The van der Waals surface area contributed by atoms with Crippen LogP contribution in [0.1, 0.15) is 36.3 Å². The summed E-state index contributed by atoms with van der Waals surface area (Å²) in [5.74, 6) is 0.190. The van der Waals surface area contributed by atoms with Crippen LogP contribution >= 0.6 is 0 Å². The predicted molar refractivity (Wildman–Crippen MR) is 73.2 cm³/mol. The van der Waals surface area contributed by atoms with Gasteiger partial charge in [0.05, 0.1) is 0 Å². The van der Waals surface area contributed by atoms with E-state index < -0.39 is 0 Å². The molecule has 1 heterocycles. The quantitative estimate of drug-likeness (QED) is 0.890. The number of hydrogen-bond acceptors (Lipinski definition) is 2. The number of likely N-dealkylation sites (tertiary alicyclic amines) is 1. The number of nitrogens with two attached hydrogens (primary N) is 1. The average Bonchev–Trinajstić information content (AvgIpc) is 2.40. The maximum atomic E-state index is 13.3. The summed E-state index contributed by atoms with van der Waals surface area (Å²) in [6.45, 7) is 5.80. The summed E-state index contributed by atoms with van der Waals surface area (Å²) in [6, 6.07) is 5.38. The van der Waals surface area contributed by atoms with Gasteiger partial charge in [-0.05, 0) is 50.0 Å². The van der Waals surface area contributed by atoms with Gasteiger partial charge in [-0.1, -0.05) is 18.6 Å². The van der Waals surface area contributed by atoms with Crippen LogP contribution in [0.4, 0.5) is 4.39 Å². The highest BCUT2D eigenvalue weighted by atomic mass is 19.1. The Labute approximate surface area is 109 Å². The Bertz CT molecular complexity index is 386. The van der Waals surface area contributed by atoms with E-state index in [-0.39, 0.29) is 5.82 Å². The van der Waals surface area contributed by atoms with E-state index in [1.54, 1.807) is 6.07 Å². The number of rotatable bonds is 4. The van der Waals surface area contributed by atoms with E-state index in [0.29, 0.717) is 18.0 Å². The Morgan fingerprint density at radius 2 is 2.00 bits per heavy atom. The van der Waals surface area contributed by atoms with Crippen LogP contribution in [0.15, 0.2) is 18.2 Å². The first-order chi connectivity index (χ1) is 8.70. The second kappa shape index (κ2) is 6.30. The maximum Gasteiger partial charge on any atom is 0.126 e. The van der Waals surface area contributed by atoms with Gasteiger partial charge in [-0.25, -0.2) is 4.39 Å². The van der Waals surface area contributed by atoms with Gasteiger partial charge < -0.3 is 10.6 Å². The minimum atomic E-state index is -0.132. The van der Waals surface area contributed by atoms with Gasteiger partial charge in [-0.2, -0.15) is 0 Å². The third-order valence-electron chi connectivity index (χ3n) is 3.87. The van der Waals surface area contributed by atoms with Crippen molar-refractivity contribution in [3.63, 3.8) is 0 Å². The van der Waals surface area contributed by atoms with Gasteiger partial charge in [-0.15, -0.1) is 0 Å². The predicted octanol–water partition coefficient (Wildman–Crippen LogP) is 2.66. The zero-order chi connectivity index (χ0) is 13.0. The lowest BCUT2D eigenvalue weighted by Gasteiger charge is -2.30. The highest BCUT2D eigenvalue weighted by Gasteiger charge is 2.17. The third-order valence-corrected chi connectivity index (χ3v) is 3.87. The lowest BCUT2D eigenvalue weighted by Crippen LogP contribution is -2.35. The second-order valence-electron chi connectivity index (χ2n) is 5.30. The minimum Gasteiger partial charge on any atom is -0.330 e. The molecule has 0 spiro atoms. The van der Waals surface area contributed by atoms with Crippen molar-refractivity contribution in [2.75, 3.05) is 26.2 Å². The van der Waals surface area contributed by atoms with Gasteiger partial charge in [0, 0.05) is 19.0 Å². The minimum absolute atomic E-state index is 0.132. The van der Waals surface area contributed by atoms with Crippen molar-refractivity contribution in [1.29, 1.82) is 0 Å². The molecule has 1 unspecified atom stereocenters. The summed E-state index contributed by atoms with van der Waals surface area (Å²) >= 11 is 0. The fourth-order valence-corrected chi connectivity index (χ4v) is 2.69. The Hall–Kier alpha value is -0.930. The molecule has 0 amide bonds. The van der Waals surface area contributed by atoms with Crippen molar-refractivity contribution >= 4 is 0 Å². The molecule has 18 heavy (non-hydrogen) atoms. The normalized spacial score (nSPS) is 18.8. The monoisotopic (exact) mass is 250 g/mol. The Morgan fingerprint density at radius 3 is 2.61 bits per heavy atom. The molecular weight excluding hydrogens is 227 g/mol. The summed E-state index contributed by atoms with van der Waals surface area (Å²) in [4.78, 5) is 2.49. The van der Waals surface area contributed by atoms with Crippen molar-refractivity contribution in [3.8, 4) is 0 Å². The molecule has 0 aliphatic carbocycles. The highest BCUT2D eigenvalue weighted by Crippen LogP contribution is 2.21. The number of aryl methyl sites for hydroxylation is 1. The Balaban J connectivity index is 2.04. The molecule has 1 aromatic rings. The lowest BCUT2D eigenvalue weighted by atomic mass is 9.96. The Morgan fingerprint density at radius 1 is 1.28 bits per heavy atom. The first kappa shape index (κ1) is 13.5. The van der Waals surface area contributed by atoms with Gasteiger partial charge >= 0.3 is 0 Å². The van der Waals surface area contributed by atoms with E-state index in [4.69, 9.17) is 5.73 Å². The zero-order valence-electron chi connectivity index (χ0n) is 11.2. The molecule has 3 heteroatoms. The number of halogens is 1. The fourth-order valence-electron chi connectivity index (χ4n) is 2.69. The van der Waals surface area contributed by atoms with E-state index >= 15 is 0 Å². The number of piperidine rings is 1.